The topological polar surface area (TPSA) is 35.5 Å². The zero-order valence-electron chi connectivity index (χ0n) is 11.4. The molecule has 1 unspecified atom stereocenters. The van der Waals surface area contributed by atoms with Gasteiger partial charge >= 0.3 is 6.16 Å². The van der Waals surface area contributed by atoms with Crippen LogP contribution in [0.3, 0.4) is 0 Å². The summed E-state index contributed by atoms with van der Waals surface area (Å²) in [5.74, 6) is 0.562. The van der Waals surface area contributed by atoms with E-state index in [0.717, 1.165) is 19.3 Å². The Labute approximate surface area is 104 Å². The quantitative estimate of drug-likeness (QED) is 0.689. The molecule has 1 aliphatic heterocycles. The number of fused-ring (bicyclic) bond motifs is 1. The molecule has 3 nitrogen and oxygen atoms in total. The molecule has 1 aliphatic carbocycles. The number of cyclic esters (lactones) is 1. The van der Waals surface area contributed by atoms with Gasteiger partial charge in [0.05, 0.1) is 0 Å². The van der Waals surface area contributed by atoms with E-state index in [1.54, 1.807) is 0 Å². The van der Waals surface area contributed by atoms with E-state index >= 15 is 0 Å². The molecule has 0 aromatic rings. The Hall–Kier alpha value is -0.730. The monoisotopic (exact) mass is 240 g/mol. The predicted molar refractivity (Wildman–Crippen MR) is 65.7 cm³/mol. The average molecular weight is 240 g/mol. The van der Waals surface area contributed by atoms with E-state index in [-0.39, 0.29) is 11.5 Å². The van der Waals surface area contributed by atoms with Gasteiger partial charge < -0.3 is 9.47 Å². The molecule has 2 rings (SSSR count). The third-order valence-corrected chi connectivity index (χ3v) is 5.31. The van der Waals surface area contributed by atoms with E-state index in [2.05, 4.69) is 27.7 Å². The highest BCUT2D eigenvalue weighted by Gasteiger charge is 2.56. The van der Waals surface area contributed by atoms with Crippen molar-refractivity contribution in [1.29, 1.82) is 0 Å². The Morgan fingerprint density at radius 2 is 2.06 bits per heavy atom. The second-order valence-electron chi connectivity index (χ2n) is 6.16. The van der Waals surface area contributed by atoms with Gasteiger partial charge in [0.2, 0.25) is 0 Å². The Kier molecular flexibility index (Phi) is 3.13. The van der Waals surface area contributed by atoms with Gasteiger partial charge in [-0.1, -0.05) is 40.5 Å². The Balaban J connectivity index is 2.29. The molecule has 1 saturated carbocycles. The third-order valence-electron chi connectivity index (χ3n) is 5.31. The highest BCUT2D eigenvalue weighted by Crippen LogP contribution is 2.56. The zero-order chi connectivity index (χ0) is 12.7. The Morgan fingerprint density at radius 1 is 1.35 bits per heavy atom. The average Bonchev–Trinajstić information content (AvgIpc) is 2.31. The standard InChI is InChI=1S/C14H24O3/c1-5-10-13(3,6-2)8-7-11-14(10,4)9-16-12(15)17-11/h10-11H,5-9H2,1-4H3/t10?,11-,13+,14+/m1/s1. The van der Waals surface area contributed by atoms with E-state index in [4.69, 9.17) is 9.47 Å². The van der Waals surface area contributed by atoms with Crippen molar-refractivity contribution in [2.24, 2.45) is 16.7 Å². The van der Waals surface area contributed by atoms with Gasteiger partial charge in [-0.25, -0.2) is 4.79 Å². The lowest BCUT2D eigenvalue weighted by molar-refractivity contribution is -0.178. The maximum Gasteiger partial charge on any atom is 0.508 e. The molecule has 0 bridgehead atoms. The fourth-order valence-electron chi connectivity index (χ4n) is 4.12. The van der Waals surface area contributed by atoms with Crippen LogP contribution in [0.5, 0.6) is 0 Å². The third kappa shape index (κ3) is 1.84. The number of hydrogen-bond donors (Lipinski definition) is 0. The summed E-state index contributed by atoms with van der Waals surface area (Å²) in [7, 11) is 0. The summed E-state index contributed by atoms with van der Waals surface area (Å²) in [6.07, 6.45) is 4.00. The van der Waals surface area contributed by atoms with Gasteiger partial charge in [-0.3, -0.25) is 0 Å². The minimum absolute atomic E-state index is 0.00826. The van der Waals surface area contributed by atoms with Gasteiger partial charge in [0.1, 0.15) is 12.7 Å². The molecule has 17 heavy (non-hydrogen) atoms. The van der Waals surface area contributed by atoms with Crippen LogP contribution in [0, 0.1) is 16.7 Å². The van der Waals surface area contributed by atoms with Gasteiger partial charge in [-0.15, -0.1) is 0 Å². The van der Waals surface area contributed by atoms with Gasteiger partial charge in [-0.05, 0) is 24.2 Å². The van der Waals surface area contributed by atoms with Crippen LogP contribution >= 0.6 is 0 Å². The summed E-state index contributed by atoms with van der Waals surface area (Å²) in [5, 5.41) is 0. The lowest BCUT2D eigenvalue weighted by Gasteiger charge is -2.56. The number of carbonyl (C=O) groups is 1. The highest BCUT2D eigenvalue weighted by atomic mass is 16.7. The summed E-state index contributed by atoms with van der Waals surface area (Å²) in [4.78, 5) is 11.2. The minimum atomic E-state index is -0.484. The van der Waals surface area contributed by atoms with Crippen LogP contribution in [0.2, 0.25) is 0 Å². The van der Waals surface area contributed by atoms with E-state index in [1.807, 2.05) is 0 Å². The number of hydrogen-bond acceptors (Lipinski definition) is 3. The summed E-state index contributed by atoms with van der Waals surface area (Å²) in [5.41, 5.74) is 0.346. The molecular weight excluding hydrogens is 216 g/mol. The summed E-state index contributed by atoms with van der Waals surface area (Å²) >= 11 is 0. The molecule has 0 spiro atoms. The van der Waals surface area contributed by atoms with Crippen molar-refractivity contribution in [2.45, 2.75) is 59.5 Å². The molecule has 0 aromatic heterocycles. The molecular formula is C14H24O3. The van der Waals surface area contributed by atoms with E-state index < -0.39 is 6.16 Å². The van der Waals surface area contributed by atoms with E-state index in [1.165, 1.54) is 6.42 Å². The molecule has 1 saturated heterocycles. The summed E-state index contributed by atoms with van der Waals surface area (Å²) in [6.45, 7) is 9.62. The molecule has 0 radical (unpaired) electrons. The predicted octanol–water partition coefficient (Wildman–Crippen LogP) is 3.76. The summed E-state index contributed by atoms with van der Waals surface area (Å²) < 4.78 is 10.6. The minimum Gasteiger partial charge on any atom is -0.434 e. The van der Waals surface area contributed by atoms with Gasteiger partial charge in [0.15, 0.2) is 0 Å². The first-order valence-corrected chi connectivity index (χ1v) is 6.79. The van der Waals surface area contributed by atoms with Crippen molar-refractivity contribution < 1.29 is 14.3 Å². The smallest absolute Gasteiger partial charge is 0.434 e. The van der Waals surface area contributed by atoms with E-state index in [9.17, 15) is 4.79 Å². The normalized spacial score (nSPS) is 45.8. The van der Waals surface area contributed by atoms with Crippen LogP contribution in [0.25, 0.3) is 0 Å². The van der Waals surface area contributed by atoms with Crippen molar-refractivity contribution >= 4 is 6.16 Å². The van der Waals surface area contributed by atoms with Gasteiger partial charge in [0.25, 0.3) is 0 Å². The molecule has 98 valence electrons. The maximum atomic E-state index is 11.2. The SMILES string of the molecule is CCC1[C@@](C)(CC)CC[C@H]2OC(=O)OC[C@@]12C. The first kappa shape index (κ1) is 12.7. The zero-order valence-corrected chi connectivity index (χ0v) is 11.4. The van der Waals surface area contributed by atoms with Crippen LogP contribution in [0.4, 0.5) is 4.79 Å². The van der Waals surface area contributed by atoms with Crippen molar-refractivity contribution in [3.8, 4) is 0 Å². The van der Waals surface area contributed by atoms with Crippen molar-refractivity contribution in [3.05, 3.63) is 0 Å². The molecule has 2 aliphatic rings. The second kappa shape index (κ2) is 4.18. The Bertz CT molecular complexity index is 315. The van der Waals surface area contributed by atoms with Crippen LogP contribution in [-0.2, 0) is 9.47 Å². The number of carbonyl (C=O) groups excluding carboxylic acids is 1. The van der Waals surface area contributed by atoms with Crippen LogP contribution in [0.1, 0.15) is 53.4 Å². The lowest BCUT2D eigenvalue weighted by atomic mass is 9.53. The molecule has 0 aromatic carbocycles. The first-order chi connectivity index (χ1) is 7.96. The van der Waals surface area contributed by atoms with Crippen molar-refractivity contribution in [1.82, 2.24) is 0 Å². The second-order valence-corrected chi connectivity index (χ2v) is 6.16. The first-order valence-electron chi connectivity index (χ1n) is 6.79. The number of ether oxygens (including phenoxy) is 2. The molecule has 2 fully saturated rings. The van der Waals surface area contributed by atoms with Gasteiger partial charge in [-0.2, -0.15) is 0 Å². The Morgan fingerprint density at radius 3 is 2.65 bits per heavy atom. The van der Waals surface area contributed by atoms with Crippen molar-refractivity contribution in [3.63, 3.8) is 0 Å². The molecule has 0 N–H and O–H groups in total. The van der Waals surface area contributed by atoms with E-state index in [0.29, 0.717) is 17.9 Å². The largest absolute Gasteiger partial charge is 0.508 e. The fourth-order valence-corrected chi connectivity index (χ4v) is 4.12. The van der Waals surface area contributed by atoms with Gasteiger partial charge in [0, 0.05) is 5.41 Å². The van der Waals surface area contributed by atoms with Crippen LogP contribution in [-0.4, -0.2) is 18.9 Å². The molecule has 4 atom stereocenters. The fraction of sp³-hybridized carbons (Fsp3) is 0.929. The van der Waals surface area contributed by atoms with Crippen LogP contribution in [0.15, 0.2) is 0 Å². The number of rotatable bonds is 2. The van der Waals surface area contributed by atoms with Crippen LogP contribution < -0.4 is 0 Å². The maximum absolute atomic E-state index is 11.2. The lowest BCUT2D eigenvalue weighted by Crippen LogP contribution is -2.57. The molecule has 0 amide bonds. The van der Waals surface area contributed by atoms with Crippen molar-refractivity contribution in [2.75, 3.05) is 6.61 Å². The highest BCUT2D eigenvalue weighted by molar-refractivity contribution is 5.61. The molecule has 1 heterocycles. The molecule has 3 heteroatoms. The summed E-state index contributed by atoms with van der Waals surface area (Å²) in [6, 6.07) is 0.